The van der Waals surface area contributed by atoms with E-state index in [4.69, 9.17) is 0 Å². The lowest BCUT2D eigenvalue weighted by atomic mass is 10.2. The van der Waals surface area contributed by atoms with E-state index < -0.39 is 0 Å². The van der Waals surface area contributed by atoms with Crippen LogP contribution in [0.5, 0.6) is 0 Å². The van der Waals surface area contributed by atoms with Gasteiger partial charge in [-0.1, -0.05) is 12.1 Å². The fourth-order valence-corrected chi connectivity index (χ4v) is 2.96. The highest BCUT2D eigenvalue weighted by Gasteiger charge is 2.06. The Morgan fingerprint density at radius 1 is 1.06 bits per heavy atom. The average Bonchev–Trinajstić information content (AvgIpc) is 3.02. The lowest BCUT2D eigenvalue weighted by Gasteiger charge is -2.00. The summed E-state index contributed by atoms with van der Waals surface area (Å²) in [5.41, 5.74) is 1.25. The molecule has 0 aromatic carbocycles. The largest absolute Gasteiger partial charge is 0.346 e. The van der Waals surface area contributed by atoms with Gasteiger partial charge in [-0.25, -0.2) is 4.79 Å². The summed E-state index contributed by atoms with van der Waals surface area (Å²) in [7, 11) is 0. The van der Waals surface area contributed by atoms with Gasteiger partial charge in [-0.3, -0.25) is 0 Å². The van der Waals surface area contributed by atoms with Crippen LogP contribution in [0.4, 0.5) is 0 Å². The molecule has 0 aliphatic carbocycles. The standard InChI is InChI=1S/C12H8N2OS2/c15-12-13-8(10-3-1-5-16-10)7-9(14-12)11-4-2-6-17-11/h1-7H,(H,13,14,15). The van der Waals surface area contributed by atoms with Crippen molar-refractivity contribution in [3.8, 4) is 21.1 Å². The molecule has 0 bridgehead atoms. The van der Waals surface area contributed by atoms with E-state index in [0.29, 0.717) is 0 Å². The van der Waals surface area contributed by atoms with Gasteiger partial charge in [-0.05, 0) is 29.0 Å². The van der Waals surface area contributed by atoms with Gasteiger partial charge in [-0.15, -0.1) is 22.7 Å². The van der Waals surface area contributed by atoms with Crippen LogP contribution in [0.2, 0.25) is 0 Å². The number of H-pyrrole nitrogens is 1. The molecule has 3 aromatic heterocycles. The van der Waals surface area contributed by atoms with Crippen LogP contribution in [0.3, 0.4) is 0 Å². The van der Waals surface area contributed by atoms with E-state index in [1.54, 1.807) is 22.7 Å². The summed E-state index contributed by atoms with van der Waals surface area (Å²) in [6.45, 7) is 0. The van der Waals surface area contributed by atoms with E-state index >= 15 is 0 Å². The van der Waals surface area contributed by atoms with Gasteiger partial charge in [0.05, 0.1) is 21.1 Å². The normalized spacial score (nSPS) is 10.6. The van der Waals surface area contributed by atoms with Crippen LogP contribution in [-0.2, 0) is 0 Å². The van der Waals surface area contributed by atoms with Gasteiger partial charge < -0.3 is 4.98 Å². The Hall–Kier alpha value is -1.72. The van der Waals surface area contributed by atoms with Crippen LogP contribution in [0.1, 0.15) is 0 Å². The number of aromatic nitrogens is 2. The van der Waals surface area contributed by atoms with E-state index in [2.05, 4.69) is 9.97 Å². The Kier molecular flexibility index (Phi) is 2.62. The highest BCUT2D eigenvalue weighted by atomic mass is 32.1. The first-order chi connectivity index (χ1) is 8.33. The Balaban J connectivity index is 2.17. The molecule has 17 heavy (non-hydrogen) atoms. The van der Waals surface area contributed by atoms with Crippen molar-refractivity contribution in [1.82, 2.24) is 9.97 Å². The van der Waals surface area contributed by atoms with Crippen LogP contribution < -0.4 is 5.69 Å². The third-order valence-corrected chi connectivity index (χ3v) is 4.10. The molecule has 0 aliphatic rings. The van der Waals surface area contributed by atoms with Crippen molar-refractivity contribution in [3.63, 3.8) is 0 Å². The zero-order valence-corrected chi connectivity index (χ0v) is 10.3. The van der Waals surface area contributed by atoms with E-state index in [0.717, 1.165) is 21.1 Å². The maximum atomic E-state index is 11.5. The quantitative estimate of drug-likeness (QED) is 0.769. The number of nitrogens with zero attached hydrogens (tertiary/aromatic N) is 1. The molecule has 0 atom stereocenters. The highest BCUT2D eigenvalue weighted by molar-refractivity contribution is 7.13. The number of nitrogens with one attached hydrogen (secondary N) is 1. The predicted octanol–water partition coefficient (Wildman–Crippen LogP) is 3.23. The second-order valence-corrected chi connectivity index (χ2v) is 5.34. The molecule has 0 saturated heterocycles. The molecule has 0 fully saturated rings. The maximum absolute atomic E-state index is 11.5. The number of hydrogen-bond acceptors (Lipinski definition) is 4. The second kappa shape index (κ2) is 4.27. The molecule has 0 radical (unpaired) electrons. The first kappa shape index (κ1) is 10.4. The maximum Gasteiger partial charge on any atom is 0.346 e. The molecule has 3 aromatic rings. The molecule has 1 N–H and O–H groups in total. The van der Waals surface area contributed by atoms with Crippen molar-refractivity contribution >= 4 is 22.7 Å². The zero-order valence-electron chi connectivity index (χ0n) is 8.71. The summed E-state index contributed by atoms with van der Waals surface area (Å²) < 4.78 is 0. The van der Waals surface area contributed by atoms with Gasteiger partial charge in [0.2, 0.25) is 0 Å². The van der Waals surface area contributed by atoms with E-state index in [1.807, 2.05) is 41.1 Å². The van der Waals surface area contributed by atoms with E-state index in [-0.39, 0.29) is 5.69 Å². The molecular weight excluding hydrogens is 252 g/mol. The predicted molar refractivity (Wildman–Crippen MR) is 71.5 cm³/mol. The Labute approximate surface area is 105 Å². The fourth-order valence-electron chi connectivity index (χ4n) is 1.57. The van der Waals surface area contributed by atoms with Gasteiger partial charge in [0, 0.05) is 0 Å². The molecule has 3 rings (SSSR count). The smallest absolute Gasteiger partial charge is 0.305 e. The molecule has 0 aliphatic heterocycles. The van der Waals surface area contributed by atoms with Gasteiger partial charge in [-0.2, -0.15) is 4.98 Å². The molecule has 0 saturated carbocycles. The molecule has 5 heteroatoms. The first-order valence-electron chi connectivity index (χ1n) is 5.02. The van der Waals surface area contributed by atoms with Crippen LogP contribution in [0, 0.1) is 0 Å². The zero-order chi connectivity index (χ0) is 11.7. The Morgan fingerprint density at radius 2 is 1.76 bits per heavy atom. The molecule has 0 unspecified atom stereocenters. The summed E-state index contributed by atoms with van der Waals surface area (Å²) in [5.74, 6) is 0. The molecule has 3 heterocycles. The van der Waals surface area contributed by atoms with Gasteiger partial charge in [0.1, 0.15) is 0 Å². The summed E-state index contributed by atoms with van der Waals surface area (Å²) in [6.07, 6.45) is 0. The van der Waals surface area contributed by atoms with E-state index in [9.17, 15) is 4.79 Å². The van der Waals surface area contributed by atoms with Crippen molar-refractivity contribution < 1.29 is 0 Å². The monoisotopic (exact) mass is 260 g/mol. The van der Waals surface area contributed by atoms with Crippen LogP contribution in [-0.4, -0.2) is 9.97 Å². The SMILES string of the molecule is O=c1nc(-c2cccs2)cc(-c2cccs2)[nH]1. The van der Waals surface area contributed by atoms with Crippen LogP contribution in [0.15, 0.2) is 45.9 Å². The van der Waals surface area contributed by atoms with Crippen molar-refractivity contribution in [2.75, 3.05) is 0 Å². The van der Waals surface area contributed by atoms with Gasteiger partial charge >= 0.3 is 5.69 Å². The summed E-state index contributed by atoms with van der Waals surface area (Å²) in [5, 5.41) is 3.96. The number of rotatable bonds is 2. The number of aromatic amines is 1. The minimum absolute atomic E-state index is 0.306. The highest BCUT2D eigenvalue weighted by Crippen LogP contribution is 2.27. The third kappa shape index (κ3) is 2.07. The number of thiophene rings is 2. The second-order valence-electron chi connectivity index (χ2n) is 3.44. The third-order valence-electron chi connectivity index (χ3n) is 2.30. The van der Waals surface area contributed by atoms with Gasteiger partial charge in [0.15, 0.2) is 0 Å². The van der Waals surface area contributed by atoms with Crippen LogP contribution >= 0.6 is 22.7 Å². The minimum atomic E-state index is -0.306. The van der Waals surface area contributed by atoms with Gasteiger partial charge in [0.25, 0.3) is 0 Å². The minimum Gasteiger partial charge on any atom is -0.305 e. The van der Waals surface area contributed by atoms with Crippen molar-refractivity contribution in [2.24, 2.45) is 0 Å². The number of hydrogen-bond donors (Lipinski definition) is 1. The van der Waals surface area contributed by atoms with Crippen molar-refractivity contribution in [3.05, 3.63) is 51.6 Å². The van der Waals surface area contributed by atoms with E-state index in [1.165, 1.54) is 0 Å². The molecular formula is C12H8N2OS2. The molecule has 0 amide bonds. The lowest BCUT2D eigenvalue weighted by Crippen LogP contribution is -2.11. The Bertz CT molecular complexity index is 613. The van der Waals surface area contributed by atoms with Crippen LogP contribution in [0.25, 0.3) is 21.1 Å². The van der Waals surface area contributed by atoms with Crippen molar-refractivity contribution in [1.29, 1.82) is 0 Å². The molecule has 0 spiro atoms. The lowest BCUT2D eigenvalue weighted by molar-refractivity contribution is 1.09. The van der Waals surface area contributed by atoms with Crippen molar-refractivity contribution in [2.45, 2.75) is 0 Å². The average molecular weight is 260 g/mol. The first-order valence-corrected chi connectivity index (χ1v) is 6.78. The molecule has 3 nitrogen and oxygen atoms in total. The summed E-state index contributed by atoms with van der Waals surface area (Å²) in [6, 6.07) is 9.77. The topological polar surface area (TPSA) is 45.8 Å². The summed E-state index contributed by atoms with van der Waals surface area (Å²) >= 11 is 3.17. The summed E-state index contributed by atoms with van der Waals surface area (Å²) in [4.78, 5) is 20.3. The Morgan fingerprint density at radius 3 is 2.41 bits per heavy atom. The molecule has 84 valence electrons. The fraction of sp³-hybridized carbons (Fsp3) is 0.